The van der Waals surface area contributed by atoms with Gasteiger partial charge < -0.3 is 5.32 Å². The van der Waals surface area contributed by atoms with Crippen LogP contribution in [0.2, 0.25) is 0 Å². The molecule has 1 atom stereocenters. The number of hydrogen-bond acceptors (Lipinski definition) is 4. The Bertz CT molecular complexity index is 396. The maximum atomic E-state index is 10.9. The van der Waals surface area contributed by atoms with Gasteiger partial charge in [0, 0.05) is 24.1 Å². The lowest BCUT2D eigenvalue weighted by Gasteiger charge is -2.09. The number of rotatable bonds is 6. The lowest BCUT2D eigenvalue weighted by atomic mass is 10.2. The van der Waals surface area contributed by atoms with Gasteiger partial charge in [0.1, 0.15) is 5.69 Å². The molecule has 0 aromatic heterocycles. The smallest absolute Gasteiger partial charge is 0.292 e. The number of anilines is 1. The van der Waals surface area contributed by atoms with E-state index in [1.165, 1.54) is 0 Å². The zero-order valence-electron chi connectivity index (χ0n) is 10.4. The van der Waals surface area contributed by atoms with E-state index in [2.05, 4.69) is 19.2 Å². The minimum Gasteiger partial charge on any atom is -0.383 e. The first-order chi connectivity index (χ1) is 8.08. The van der Waals surface area contributed by atoms with Crippen molar-refractivity contribution in [2.24, 2.45) is 0 Å². The van der Waals surface area contributed by atoms with Crippen LogP contribution in [0.3, 0.4) is 0 Å². The van der Waals surface area contributed by atoms with Gasteiger partial charge in [0.15, 0.2) is 0 Å². The maximum absolute atomic E-state index is 10.9. The van der Waals surface area contributed by atoms with Crippen LogP contribution in [0.15, 0.2) is 18.2 Å². The molecule has 1 N–H and O–H groups in total. The number of thioether (sulfide) groups is 1. The van der Waals surface area contributed by atoms with Crippen molar-refractivity contribution in [3.8, 4) is 0 Å². The van der Waals surface area contributed by atoms with Crippen molar-refractivity contribution >= 4 is 23.1 Å². The third kappa shape index (κ3) is 3.93. The van der Waals surface area contributed by atoms with Crippen LogP contribution in [0.25, 0.3) is 0 Å². The minimum atomic E-state index is -0.344. The Balaban J connectivity index is 2.81. The van der Waals surface area contributed by atoms with Crippen LogP contribution in [-0.2, 0) is 5.75 Å². The summed E-state index contributed by atoms with van der Waals surface area (Å²) in [4.78, 5) is 10.5. The molecule has 1 aromatic rings. The first-order valence-electron chi connectivity index (χ1n) is 5.65. The number of nitrogens with one attached hydrogen (secondary N) is 1. The van der Waals surface area contributed by atoms with Gasteiger partial charge in [-0.1, -0.05) is 19.9 Å². The maximum Gasteiger partial charge on any atom is 0.292 e. The van der Waals surface area contributed by atoms with E-state index in [4.69, 9.17) is 0 Å². The second-order valence-corrected chi connectivity index (χ2v) is 5.32. The number of nitro benzene ring substituents is 1. The molecule has 1 unspecified atom stereocenters. The van der Waals surface area contributed by atoms with E-state index in [0.717, 1.165) is 17.7 Å². The summed E-state index contributed by atoms with van der Waals surface area (Å²) in [6, 6.07) is 5.36. The highest BCUT2D eigenvalue weighted by Crippen LogP contribution is 2.28. The highest BCUT2D eigenvalue weighted by molar-refractivity contribution is 7.99. The predicted octanol–water partition coefficient (Wildman–Crippen LogP) is 3.67. The van der Waals surface area contributed by atoms with E-state index >= 15 is 0 Å². The highest BCUT2D eigenvalue weighted by atomic mass is 32.2. The molecule has 0 fully saturated rings. The van der Waals surface area contributed by atoms with Crippen LogP contribution >= 0.6 is 11.8 Å². The number of benzene rings is 1. The molecule has 0 aliphatic rings. The van der Waals surface area contributed by atoms with E-state index < -0.39 is 0 Å². The topological polar surface area (TPSA) is 55.2 Å². The molecule has 0 radical (unpaired) electrons. The van der Waals surface area contributed by atoms with Gasteiger partial charge in [0.25, 0.3) is 5.69 Å². The molecule has 5 heteroatoms. The fourth-order valence-corrected chi connectivity index (χ4v) is 2.28. The second-order valence-electron chi connectivity index (χ2n) is 3.89. The Hall–Kier alpha value is -1.23. The van der Waals surface area contributed by atoms with E-state index in [1.54, 1.807) is 19.2 Å². The summed E-state index contributed by atoms with van der Waals surface area (Å²) >= 11 is 1.82. The Kier molecular flexibility index (Phi) is 5.28. The van der Waals surface area contributed by atoms with Gasteiger partial charge in [-0.2, -0.15) is 11.8 Å². The van der Waals surface area contributed by atoms with Crippen LogP contribution in [0, 0.1) is 10.1 Å². The normalized spacial score (nSPS) is 12.2. The Morgan fingerprint density at radius 1 is 1.53 bits per heavy atom. The largest absolute Gasteiger partial charge is 0.383 e. The van der Waals surface area contributed by atoms with E-state index in [9.17, 15) is 10.1 Å². The zero-order chi connectivity index (χ0) is 12.8. The molecule has 0 bridgehead atoms. The standard InChI is InChI=1S/C12H18N2O2S/c1-4-9(2)17-8-10-5-6-11(13-3)12(7-10)14(15)16/h5-7,9,13H,4,8H2,1-3H3. The van der Waals surface area contributed by atoms with Crippen molar-refractivity contribution in [1.82, 2.24) is 0 Å². The molecule has 0 heterocycles. The summed E-state index contributed by atoms with van der Waals surface area (Å²) in [5.74, 6) is 0.819. The number of nitro groups is 1. The monoisotopic (exact) mass is 254 g/mol. The molecular formula is C12H18N2O2S. The average Bonchev–Trinajstić information content (AvgIpc) is 2.35. The fourth-order valence-electron chi connectivity index (χ4n) is 1.39. The molecule has 0 spiro atoms. The van der Waals surface area contributed by atoms with E-state index in [1.807, 2.05) is 17.8 Å². The van der Waals surface area contributed by atoms with Gasteiger partial charge in [0.05, 0.1) is 4.92 Å². The minimum absolute atomic E-state index is 0.148. The van der Waals surface area contributed by atoms with Crippen molar-refractivity contribution in [3.05, 3.63) is 33.9 Å². The Morgan fingerprint density at radius 3 is 2.76 bits per heavy atom. The molecule has 1 rings (SSSR count). The van der Waals surface area contributed by atoms with Crippen LogP contribution in [0.4, 0.5) is 11.4 Å². The van der Waals surface area contributed by atoms with Crippen molar-refractivity contribution in [2.75, 3.05) is 12.4 Å². The van der Waals surface area contributed by atoms with Crippen LogP contribution < -0.4 is 5.32 Å². The summed E-state index contributed by atoms with van der Waals surface area (Å²) < 4.78 is 0. The summed E-state index contributed by atoms with van der Waals surface area (Å²) in [6.45, 7) is 4.31. The van der Waals surface area contributed by atoms with E-state index in [0.29, 0.717) is 10.9 Å². The molecule has 0 aliphatic carbocycles. The van der Waals surface area contributed by atoms with Gasteiger partial charge in [-0.25, -0.2) is 0 Å². The quantitative estimate of drug-likeness (QED) is 0.621. The van der Waals surface area contributed by atoms with E-state index in [-0.39, 0.29) is 10.6 Å². The molecule has 0 saturated heterocycles. The Morgan fingerprint density at radius 2 is 2.24 bits per heavy atom. The molecule has 0 saturated carbocycles. The third-order valence-corrected chi connectivity index (χ3v) is 4.04. The van der Waals surface area contributed by atoms with Gasteiger partial charge in [0.2, 0.25) is 0 Å². The molecule has 1 aromatic carbocycles. The van der Waals surface area contributed by atoms with Crippen molar-refractivity contribution in [1.29, 1.82) is 0 Å². The highest BCUT2D eigenvalue weighted by Gasteiger charge is 2.13. The number of hydrogen-bond donors (Lipinski definition) is 1. The van der Waals surface area contributed by atoms with Crippen molar-refractivity contribution < 1.29 is 4.92 Å². The first kappa shape index (κ1) is 13.8. The van der Waals surface area contributed by atoms with Gasteiger partial charge in [-0.15, -0.1) is 0 Å². The van der Waals surface area contributed by atoms with Gasteiger partial charge in [-0.3, -0.25) is 10.1 Å². The zero-order valence-corrected chi connectivity index (χ0v) is 11.2. The SMILES string of the molecule is CCC(C)SCc1ccc(NC)c([N+](=O)[O-])c1. The van der Waals surface area contributed by atoms with Crippen LogP contribution in [-0.4, -0.2) is 17.2 Å². The first-order valence-corrected chi connectivity index (χ1v) is 6.70. The third-order valence-electron chi connectivity index (χ3n) is 2.64. The summed E-state index contributed by atoms with van der Waals surface area (Å²) in [7, 11) is 1.69. The summed E-state index contributed by atoms with van der Waals surface area (Å²) in [5, 5.41) is 14.3. The molecule has 0 aliphatic heterocycles. The van der Waals surface area contributed by atoms with Gasteiger partial charge >= 0.3 is 0 Å². The summed E-state index contributed by atoms with van der Waals surface area (Å²) in [5.41, 5.74) is 1.71. The summed E-state index contributed by atoms with van der Waals surface area (Å²) in [6.07, 6.45) is 1.11. The Labute approximate surface area is 106 Å². The fraction of sp³-hybridized carbons (Fsp3) is 0.500. The molecule has 17 heavy (non-hydrogen) atoms. The molecular weight excluding hydrogens is 236 g/mol. The molecule has 4 nitrogen and oxygen atoms in total. The second kappa shape index (κ2) is 6.49. The lowest BCUT2D eigenvalue weighted by Crippen LogP contribution is -1.98. The van der Waals surface area contributed by atoms with Crippen molar-refractivity contribution in [3.63, 3.8) is 0 Å². The number of nitrogens with zero attached hydrogens (tertiary/aromatic N) is 1. The lowest BCUT2D eigenvalue weighted by molar-refractivity contribution is -0.384. The molecule has 94 valence electrons. The predicted molar refractivity (Wildman–Crippen MR) is 73.7 cm³/mol. The van der Waals surface area contributed by atoms with Gasteiger partial charge in [-0.05, 0) is 18.1 Å². The van der Waals surface area contributed by atoms with Crippen LogP contribution in [0.1, 0.15) is 25.8 Å². The average molecular weight is 254 g/mol. The molecule has 0 amide bonds. The van der Waals surface area contributed by atoms with Crippen LogP contribution in [0.5, 0.6) is 0 Å². The van der Waals surface area contributed by atoms with Crippen molar-refractivity contribution in [2.45, 2.75) is 31.3 Å².